The molecule has 0 saturated carbocycles. The van der Waals surface area contributed by atoms with E-state index in [4.69, 9.17) is 29.7 Å². The maximum absolute atomic E-state index is 12.5. The number of phosphoric ester groups is 1. The van der Waals surface area contributed by atoms with Crippen LogP contribution in [-0.2, 0) is 23.1 Å². The molecule has 1 aliphatic rings. The van der Waals surface area contributed by atoms with Gasteiger partial charge in [0, 0.05) is 5.75 Å². The fourth-order valence-electron chi connectivity index (χ4n) is 3.88. The highest BCUT2D eigenvalue weighted by molar-refractivity contribution is 7.98. The molecular weight excluding hydrogens is 525 g/mol. The molecule has 214 valence electrons. The van der Waals surface area contributed by atoms with Crippen molar-refractivity contribution in [3.63, 3.8) is 0 Å². The first kappa shape index (κ1) is 32.1. The first-order chi connectivity index (χ1) is 17.6. The van der Waals surface area contributed by atoms with Crippen LogP contribution in [0.4, 0.5) is 0 Å². The molecule has 7 unspecified atom stereocenters. The third kappa shape index (κ3) is 10.9. The first-order valence-electron chi connectivity index (χ1n) is 12.6. The molecule has 7 atom stereocenters. The van der Waals surface area contributed by atoms with Crippen LogP contribution in [0.3, 0.4) is 0 Å². The number of thioether (sulfide) groups is 1. The summed E-state index contributed by atoms with van der Waals surface area (Å²) in [6, 6.07) is 0. The Morgan fingerprint density at radius 3 is 2.62 bits per heavy atom. The lowest BCUT2D eigenvalue weighted by Crippen LogP contribution is -2.34. The molecule has 0 radical (unpaired) electrons. The summed E-state index contributed by atoms with van der Waals surface area (Å²) in [5.74, 6) is 0.260. The third-order valence-corrected chi connectivity index (χ3v) is 7.57. The second-order valence-electron chi connectivity index (χ2n) is 9.15. The van der Waals surface area contributed by atoms with Gasteiger partial charge in [-0.2, -0.15) is 21.7 Å². The summed E-state index contributed by atoms with van der Waals surface area (Å²) in [5.41, 5.74) is 5.43. The lowest BCUT2D eigenvalue weighted by molar-refractivity contribution is -0.0672. The highest BCUT2D eigenvalue weighted by Gasteiger charge is 2.46. The average molecular weight is 568 g/mol. The second kappa shape index (κ2) is 16.1. The number of hydrogen-bond acceptors (Lipinski definition) is 11. The van der Waals surface area contributed by atoms with E-state index in [1.165, 1.54) is 31.9 Å². The van der Waals surface area contributed by atoms with E-state index in [-0.39, 0.29) is 24.2 Å². The summed E-state index contributed by atoms with van der Waals surface area (Å²) in [7, 11) is -4.49. The van der Waals surface area contributed by atoms with Gasteiger partial charge in [-0.25, -0.2) is 4.57 Å². The highest BCUT2D eigenvalue weighted by Crippen LogP contribution is 2.44. The maximum Gasteiger partial charge on any atom is 0.472 e. The van der Waals surface area contributed by atoms with Crippen LogP contribution in [0.25, 0.3) is 0 Å². The Hall–Kier alpha value is -1.09. The van der Waals surface area contributed by atoms with Crippen LogP contribution in [0.15, 0.2) is 6.20 Å². The smallest absolute Gasteiger partial charge is 0.387 e. The molecular formula is C22H42N5O8PS. The number of ether oxygens (including phenoxy) is 2. The number of hydrogen-bond donors (Lipinski definition) is 5. The van der Waals surface area contributed by atoms with Crippen LogP contribution in [0.5, 0.6) is 0 Å². The monoisotopic (exact) mass is 567 g/mol. The lowest BCUT2D eigenvalue weighted by Gasteiger charge is -2.23. The number of nitrogen functional groups attached to an aromatic ring is 1. The molecule has 13 nitrogen and oxygen atoms in total. The number of rotatable bonds is 19. The molecule has 0 spiro atoms. The second-order valence-corrected chi connectivity index (χ2v) is 11.5. The predicted molar refractivity (Wildman–Crippen MR) is 139 cm³/mol. The van der Waals surface area contributed by atoms with E-state index in [1.807, 2.05) is 13.2 Å². The Morgan fingerprint density at radius 1 is 1.27 bits per heavy atom. The summed E-state index contributed by atoms with van der Waals surface area (Å²) in [6.07, 6.45) is 5.61. The van der Waals surface area contributed by atoms with E-state index < -0.39 is 45.1 Å². The van der Waals surface area contributed by atoms with Gasteiger partial charge in [-0.05, 0) is 19.6 Å². The number of nitrogens with two attached hydrogens (primary N) is 1. The van der Waals surface area contributed by atoms with Gasteiger partial charge < -0.3 is 30.3 Å². The number of aliphatic hydroxyl groups is 2. The number of amidine groups is 1. The van der Waals surface area contributed by atoms with Gasteiger partial charge in [0.15, 0.2) is 6.23 Å². The summed E-state index contributed by atoms with van der Waals surface area (Å²) in [5, 5.41) is 35.8. The number of aliphatic hydroxyl groups excluding tert-OH is 2. The molecule has 2 rings (SSSR count). The van der Waals surface area contributed by atoms with Crippen LogP contribution < -0.4 is 5.73 Å². The van der Waals surface area contributed by atoms with Gasteiger partial charge in [-0.3, -0.25) is 14.5 Å². The highest BCUT2D eigenvalue weighted by atomic mass is 32.2. The Morgan fingerprint density at radius 2 is 1.97 bits per heavy atom. The molecule has 1 aliphatic heterocycles. The molecule has 0 bridgehead atoms. The van der Waals surface area contributed by atoms with Gasteiger partial charge in [-0.1, -0.05) is 45.4 Å². The molecule has 0 aromatic carbocycles. The lowest BCUT2D eigenvalue weighted by atomic mass is 10.1. The maximum atomic E-state index is 12.5. The Labute approximate surface area is 222 Å². The minimum Gasteiger partial charge on any atom is -0.387 e. The molecule has 1 saturated heterocycles. The summed E-state index contributed by atoms with van der Waals surface area (Å²) in [6.45, 7) is 3.52. The number of unbranched alkanes of at least 4 members (excludes halogenated alkanes) is 5. The normalized spacial score (nSPS) is 25.1. The molecule has 1 fully saturated rings. The van der Waals surface area contributed by atoms with Crippen molar-refractivity contribution in [3.8, 4) is 0 Å². The third-order valence-electron chi connectivity index (χ3n) is 5.92. The topological polar surface area (TPSA) is 195 Å². The van der Waals surface area contributed by atoms with Crippen LogP contribution >= 0.6 is 19.6 Å². The fraction of sp³-hybridized carbons (Fsp3) is 0.864. The molecule has 2 heterocycles. The van der Waals surface area contributed by atoms with Crippen molar-refractivity contribution < 1.29 is 38.2 Å². The van der Waals surface area contributed by atoms with Crippen molar-refractivity contribution in [2.45, 2.75) is 95.5 Å². The van der Waals surface area contributed by atoms with Gasteiger partial charge >= 0.3 is 7.82 Å². The van der Waals surface area contributed by atoms with E-state index in [2.05, 4.69) is 17.1 Å². The van der Waals surface area contributed by atoms with Crippen molar-refractivity contribution in [3.05, 3.63) is 11.9 Å². The molecule has 0 amide bonds. The molecule has 0 aliphatic carbocycles. The zero-order chi connectivity index (χ0) is 27.4. The Kier molecular flexibility index (Phi) is 14.0. The number of nitrogens with one attached hydrogen (secondary N) is 1. The summed E-state index contributed by atoms with van der Waals surface area (Å²) in [4.78, 5) is 11.1. The zero-order valence-corrected chi connectivity index (χ0v) is 23.5. The summed E-state index contributed by atoms with van der Waals surface area (Å²) < 4.78 is 34.2. The van der Waals surface area contributed by atoms with Crippen molar-refractivity contribution in [1.29, 1.82) is 5.41 Å². The van der Waals surface area contributed by atoms with Crippen LogP contribution in [-0.4, -0.2) is 91.7 Å². The zero-order valence-electron chi connectivity index (χ0n) is 21.8. The van der Waals surface area contributed by atoms with Gasteiger partial charge in [-0.15, -0.1) is 5.10 Å². The standard InChI is InChI=1S/C22H42N5O8PS/c1-4-5-6-7-8-9-10-15(2)34-16(14-37-3)12-32-36(30,31)33-13-18-19(28)20(29)22(35-18)27-25-11-17(26-27)21(23)24/h11,15-16,18-20,22,28-29H,4-10,12-14H2,1-3H3,(H3,23,24)(H,30,31). The largest absolute Gasteiger partial charge is 0.472 e. The molecule has 6 N–H and O–H groups in total. The molecule has 1 aromatic rings. The SMILES string of the molecule is CCCCCCCCC(C)OC(COP(=O)(O)OCC1OC(n2ncc(C(=N)N)n2)C(O)C1O)CSC. The number of nitrogens with zero attached hydrogens (tertiary/aromatic N) is 3. The van der Waals surface area contributed by atoms with E-state index >= 15 is 0 Å². The van der Waals surface area contributed by atoms with Crippen LogP contribution in [0.2, 0.25) is 0 Å². The fourth-order valence-corrected chi connectivity index (χ4v) is 5.19. The Bertz CT molecular complexity index is 865. The molecule has 15 heteroatoms. The molecule has 1 aromatic heterocycles. The van der Waals surface area contributed by atoms with Crippen molar-refractivity contribution in [2.24, 2.45) is 5.73 Å². The van der Waals surface area contributed by atoms with Gasteiger partial charge in [0.25, 0.3) is 0 Å². The predicted octanol–water partition coefficient (Wildman–Crippen LogP) is 2.20. The van der Waals surface area contributed by atoms with Gasteiger partial charge in [0.1, 0.15) is 29.8 Å². The minimum absolute atomic E-state index is 0.00852. The number of phosphoric acid groups is 1. The van der Waals surface area contributed by atoms with E-state index in [1.54, 1.807) is 11.8 Å². The quantitative estimate of drug-likeness (QED) is 0.0708. The van der Waals surface area contributed by atoms with E-state index in [0.717, 1.165) is 24.1 Å². The van der Waals surface area contributed by atoms with Crippen LogP contribution in [0.1, 0.15) is 70.7 Å². The minimum atomic E-state index is -4.49. The Balaban J connectivity index is 1.78. The average Bonchev–Trinajstić information content (AvgIpc) is 3.44. The van der Waals surface area contributed by atoms with Crippen molar-refractivity contribution >= 4 is 25.4 Å². The van der Waals surface area contributed by atoms with Crippen molar-refractivity contribution in [2.75, 3.05) is 25.2 Å². The van der Waals surface area contributed by atoms with Gasteiger partial charge in [0.2, 0.25) is 0 Å². The van der Waals surface area contributed by atoms with Crippen molar-refractivity contribution in [1.82, 2.24) is 15.0 Å². The molecule has 37 heavy (non-hydrogen) atoms. The first-order valence-corrected chi connectivity index (χ1v) is 15.5. The van der Waals surface area contributed by atoms with Gasteiger partial charge in [0.05, 0.1) is 31.6 Å². The number of aromatic nitrogens is 3. The van der Waals surface area contributed by atoms with Crippen LogP contribution in [0, 0.1) is 5.41 Å². The van der Waals surface area contributed by atoms with E-state index in [9.17, 15) is 19.7 Å². The van der Waals surface area contributed by atoms with E-state index in [0.29, 0.717) is 5.75 Å². The summed E-state index contributed by atoms with van der Waals surface area (Å²) >= 11 is 1.54.